The minimum Gasteiger partial charge on any atom is -0.494 e. The van der Waals surface area contributed by atoms with Crippen molar-refractivity contribution in [2.45, 2.75) is 40.0 Å². The van der Waals surface area contributed by atoms with Gasteiger partial charge in [0.15, 0.2) is 0 Å². The minimum atomic E-state index is -0.0442. The lowest BCUT2D eigenvalue weighted by atomic mass is 10.2. The molecule has 0 aliphatic rings. The molecular weight excluding hydrogens is 390 g/mol. The van der Waals surface area contributed by atoms with E-state index in [9.17, 15) is 4.79 Å². The lowest BCUT2D eigenvalue weighted by Crippen LogP contribution is -2.24. The molecule has 0 bridgehead atoms. The predicted octanol–water partition coefficient (Wildman–Crippen LogP) is 5.03. The molecule has 0 unspecified atom stereocenters. The molecule has 0 atom stereocenters. The number of hydrogen-bond acceptors (Lipinski definition) is 6. The molecule has 0 aliphatic heterocycles. The summed E-state index contributed by atoms with van der Waals surface area (Å²) in [5, 5.41) is 7.11. The van der Waals surface area contributed by atoms with E-state index in [1.165, 1.54) is 16.3 Å². The smallest absolute Gasteiger partial charge is 0.263 e. The zero-order valence-electron chi connectivity index (χ0n) is 16.4. The Morgan fingerprint density at radius 1 is 1.14 bits per heavy atom. The van der Waals surface area contributed by atoms with E-state index in [1.807, 2.05) is 45.0 Å². The van der Waals surface area contributed by atoms with Crippen molar-refractivity contribution in [3.63, 3.8) is 0 Å². The van der Waals surface area contributed by atoms with Gasteiger partial charge in [-0.1, -0.05) is 0 Å². The second-order valence-corrected chi connectivity index (χ2v) is 8.43. The number of amides is 1. The summed E-state index contributed by atoms with van der Waals surface area (Å²) in [7, 11) is 0. The number of benzene rings is 1. The summed E-state index contributed by atoms with van der Waals surface area (Å²) >= 11 is 3.13. The molecule has 0 radical (unpaired) electrons. The second-order valence-electron chi connectivity index (χ2n) is 6.49. The molecule has 0 saturated carbocycles. The molecule has 1 amide bonds. The van der Waals surface area contributed by atoms with Crippen LogP contribution in [0.2, 0.25) is 0 Å². The van der Waals surface area contributed by atoms with Gasteiger partial charge in [0, 0.05) is 23.2 Å². The summed E-state index contributed by atoms with van der Waals surface area (Å²) < 4.78 is 5.47. The fourth-order valence-electron chi connectivity index (χ4n) is 2.79. The summed E-state index contributed by atoms with van der Waals surface area (Å²) in [6.07, 6.45) is 2.93. The van der Waals surface area contributed by atoms with Crippen molar-refractivity contribution in [2.75, 3.05) is 13.2 Å². The average Bonchev–Trinajstić information content (AvgIpc) is 3.28. The summed E-state index contributed by atoms with van der Waals surface area (Å²) in [4.78, 5) is 22.2. The number of thiazole rings is 2. The highest BCUT2D eigenvalue weighted by molar-refractivity contribution is 7.17. The first-order valence-corrected chi connectivity index (χ1v) is 11.2. The number of ether oxygens (including phenoxy) is 1. The van der Waals surface area contributed by atoms with Crippen molar-refractivity contribution in [2.24, 2.45) is 0 Å². The van der Waals surface area contributed by atoms with Crippen LogP contribution < -0.4 is 10.1 Å². The van der Waals surface area contributed by atoms with Crippen LogP contribution in [0.1, 0.15) is 45.8 Å². The second kappa shape index (κ2) is 9.80. The third kappa shape index (κ3) is 5.39. The Morgan fingerprint density at radius 3 is 2.61 bits per heavy atom. The number of nitrogens with one attached hydrogen (secondary N) is 1. The number of carbonyl (C=O) groups is 1. The zero-order valence-corrected chi connectivity index (χ0v) is 18.1. The number of hydrogen-bond donors (Lipinski definition) is 1. The fourth-order valence-corrected chi connectivity index (χ4v) is 4.60. The lowest BCUT2D eigenvalue weighted by Gasteiger charge is -2.03. The Hall–Kier alpha value is -2.25. The number of aryl methyl sites for hydroxylation is 3. The highest BCUT2D eigenvalue weighted by atomic mass is 32.1. The molecule has 7 heteroatoms. The highest BCUT2D eigenvalue weighted by Crippen LogP contribution is 2.29. The molecule has 0 aliphatic carbocycles. The van der Waals surface area contributed by atoms with Gasteiger partial charge < -0.3 is 10.1 Å². The van der Waals surface area contributed by atoms with E-state index in [0.717, 1.165) is 47.0 Å². The number of nitrogens with zero attached hydrogens (tertiary/aromatic N) is 2. The van der Waals surface area contributed by atoms with Crippen molar-refractivity contribution in [3.8, 4) is 16.3 Å². The van der Waals surface area contributed by atoms with Crippen LogP contribution in [0.15, 0.2) is 29.6 Å². The summed E-state index contributed by atoms with van der Waals surface area (Å²) in [5.41, 5.74) is 2.84. The first kappa shape index (κ1) is 20.5. The third-order valence-corrected chi connectivity index (χ3v) is 6.42. The quantitative estimate of drug-likeness (QED) is 0.498. The molecule has 5 nitrogen and oxygen atoms in total. The van der Waals surface area contributed by atoms with Crippen LogP contribution in [0.25, 0.3) is 10.6 Å². The van der Waals surface area contributed by atoms with Crippen molar-refractivity contribution < 1.29 is 9.53 Å². The van der Waals surface area contributed by atoms with Crippen LogP contribution in [-0.4, -0.2) is 29.0 Å². The molecule has 0 saturated heterocycles. The Bertz CT molecular complexity index is 916. The summed E-state index contributed by atoms with van der Waals surface area (Å²) in [6.45, 7) is 7.17. The molecule has 1 aromatic carbocycles. The van der Waals surface area contributed by atoms with Gasteiger partial charge >= 0.3 is 0 Å². The Balaban J connectivity index is 1.51. The maximum Gasteiger partial charge on any atom is 0.263 e. The molecule has 148 valence electrons. The molecule has 28 heavy (non-hydrogen) atoms. The van der Waals surface area contributed by atoms with Gasteiger partial charge in [0.1, 0.15) is 15.6 Å². The Morgan fingerprint density at radius 2 is 1.93 bits per heavy atom. The van der Waals surface area contributed by atoms with E-state index >= 15 is 0 Å². The van der Waals surface area contributed by atoms with Crippen molar-refractivity contribution in [3.05, 3.63) is 50.9 Å². The maximum absolute atomic E-state index is 12.5. The molecule has 0 spiro atoms. The number of rotatable bonds is 9. The summed E-state index contributed by atoms with van der Waals surface area (Å²) in [6, 6.07) is 7.81. The van der Waals surface area contributed by atoms with Gasteiger partial charge in [0.05, 0.1) is 17.3 Å². The monoisotopic (exact) mass is 415 g/mol. The van der Waals surface area contributed by atoms with Gasteiger partial charge in [0.2, 0.25) is 0 Å². The van der Waals surface area contributed by atoms with Crippen LogP contribution in [0.5, 0.6) is 5.75 Å². The Labute approximate surface area is 173 Å². The standard InChI is InChI=1S/C21H25N3O2S2/c1-4-26-17-10-8-16(9-11-17)21-24-15(3)19(28-21)20(25)22-12-6-5-7-18-23-14(2)13-27-18/h8-11,13H,4-7,12H2,1-3H3,(H,22,25). The highest BCUT2D eigenvalue weighted by Gasteiger charge is 2.16. The minimum absolute atomic E-state index is 0.0442. The SMILES string of the molecule is CCOc1ccc(-c2nc(C)c(C(=O)NCCCCc3nc(C)cs3)s2)cc1. The first-order chi connectivity index (χ1) is 13.6. The maximum atomic E-state index is 12.5. The molecule has 3 rings (SSSR count). The molecule has 1 N–H and O–H groups in total. The van der Waals surface area contributed by atoms with Crippen LogP contribution in [-0.2, 0) is 6.42 Å². The molecule has 2 heterocycles. The van der Waals surface area contributed by atoms with Crippen molar-refractivity contribution in [1.29, 1.82) is 0 Å². The third-order valence-electron chi connectivity index (χ3n) is 4.18. The van der Waals surface area contributed by atoms with Crippen molar-refractivity contribution >= 4 is 28.6 Å². The van der Waals surface area contributed by atoms with E-state index in [4.69, 9.17) is 4.74 Å². The normalized spacial score (nSPS) is 10.8. The average molecular weight is 416 g/mol. The van der Waals surface area contributed by atoms with E-state index in [1.54, 1.807) is 11.3 Å². The lowest BCUT2D eigenvalue weighted by molar-refractivity contribution is 0.0956. The van der Waals surface area contributed by atoms with E-state index in [0.29, 0.717) is 18.0 Å². The van der Waals surface area contributed by atoms with Gasteiger partial charge in [-0.2, -0.15) is 0 Å². The largest absolute Gasteiger partial charge is 0.494 e. The molecule has 2 aromatic heterocycles. The Kier molecular flexibility index (Phi) is 7.17. The van der Waals surface area contributed by atoms with E-state index in [-0.39, 0.29) is 5.91 Å². The van der Waals surface area contributed by atoms with Crippen LogP contribution in [0.4, 0.5) is 0 Å². The van der Waals surface area contributed by atoms with Crippen LogP contribution in [0.3, 0.4) is 0 Å². The summed E-state index contributed by atoms with van der Waals surface area (Å²) in [5.74, 6) is 0.794. The van der Waals surface area contributed by atoms with Crippen LogP contribution in [0, 0.1) is 13.8 Å². The van der Waals surface area contributed by atoms with Gasteiger partial charge in [0.25, 0.3) is 5.91 Å². The van der Waals surface area contributed by atoms with E-state index in [2.05, 4.69) is 20.7 Å². The van der Waals surface area contributed by atoms with Gasteiger partial charge in [-0.3, -0.25) is 4.79 Å². The predicted molar refractivity (Wildman–Crippen MR) is 116 cm³/mol. The van der Waals surface area contributed by atoms with E-state index < -0.39 is 0 Å². The molecule has 0 fully saturated rings. The zero-order chi connectivity index (χ0) is 19.9. The molecular formula is C21H25N3O2S2. The first-order valence-electron chi connectivity index (χ1n) is 9.46. The topological polar surface area (TPSA) is 64.1 Å². The van der Waals surface area contributed by atoms with Gasteiger partial charge in [-0.15, -0.1) is 22.7 Å². The van der Waals surface area contributed by atoms with Crippen molar-refractivity contribution in [1.82, 2.24) is 15.3 Å². The number of unbranched alkanes of at least 4 members (excludes halogenated alkanes) is 1. The van der Waals surface area contributed by atoms with Gasteiger partial charge in [-0.05, 0) is 64.3 Å². The number of carbonyl (C=O) groups excluding carboxylic acids is 1. The fraction of sp³-hybridized carbons (Fsp3) is 0.381. The molecule has 3 aromatic rings. The van der Waals surface area contributed by atoms with Crippen LogP contribution >= 0.6 is 22.7 Å². The van der Waals surface area contributed by atoms with Gasteiger partial charge in [-0.25, -0.2) is 9.97 Å². The number of aromatic nitrogens is 2.